The Morgan fingerprint density at radius 1 is 1.08 bits per heavy atom. The molecular weight excluding hydrogens is 322 g/mol. The fraction of sp³-hybridized carbons (Fsp3) is 0.167. The zero-order valence-corrected chi connectivity index (χ0v) is 13.9. The maximum absolute atomic E-state index is 5.99. The van der Waals surface area contributed by atoms with Gasteiger partial charge >= 0.3 is 0 Å². The Hall–Kier alpha value is -2.66. The highest BCUT2D eigenvalue weighted by atomic mass is 35.5. The van der Waals surface area contributed by atoms with Gasteiger partial charge in [-0.3, -0.25) is 0 Å². The predicted octanol–water partition coefficient (Wildman–Crippen LogP) is 3.94. The molecule has 6 heteroatoms. The van der Waals surface area contributed by atoms with Crippen molar-refractivity contribution in [2.75, 3.05) is 5.32 Å². The third-order valence-electron chi connectivity index (χ3n) is 4.21. The van der Waals surface area contributed by atoms with Crippen LogP contribution < -0.4 is 5.32 Å². The summed E-state index contributed by atoms with van der Waals surface area (Å²) in [6.45, 7) is 2.15. The number of hydrogen-bond acceptors (Lipinski definition) is 4. The molecule has 3 aromatic rings. The standard InChI is InChI=1S/C18H16ClN5/c1-2-12-3-5-14(6-4-12)17-11-16(13-7-9-15(19)10-8-13)20-18-21-22-23-24(17)18/h3-11,17H,2H2,1H3,(H,20,21,23)/t17-/m1/s1. The summed E-state index contributed by atoms with van der Waals surface area (Å²) in [6.07, 6.45) is 3.15. The van der Waals surface area contributed by atoms with Crippen LogP contribution in [-0.2, 0) is 6.42 Å². The van der Waals surface area contributed by atoms with Crippen LogP contribution in [0, 0.1) is 0 Å². The predicted molar refractivity (Wildman–Crippen MR) is 94.8 cm³/mol. The number of rotatable bonds is 3. The van der Waals surface area contributed by atoms with Gasteiger partial charge in [-0.05, 0) is 51.7 Å². The van der Waals surface area contributed by atoms with Crippen LogP contribution in [0.5, 0.6) is 0 Å². The van der Waals surface area contributed by atoms with Crippen LogP contribution in [0.3, 0.4) is 0 Å². The summed E-state index contributed by atoms with van der Waals surface area (Å²) in [5.74, 6) is 0.631. The quantitative estimate of drug-likeness (QED) is 0.786. The van der Waals surface area contributed by atoms with E-state index in [1.165, 1.54) is 5.56 Å². The van der Waals surface area contributed by atoms with Crippen LogP contribution in [0.4, 0.5) is 5.95 Å². The molecule has 4 rings (SSSR count). The molecule has 120 valence electrons. The van der Waals surface area contributed by atoms with E-state index in [0.717, 1.165) is 23.2 Å². The highest BCUT2D eigenvalue weighted by molar-refractivity contribution is 6.30. The minimum absolute atomic E-state index is 0.0483. The average Bonchev–Trinajstić information content (AvgIpc) is 3.10. The lowest BCUT2D eigenvalue weighted by atomic mass is 10.00. The number of hydrogen-bond donors (Lipinski definition) is 1. The largest absolute Gasteiger partial charge is 0.323 e. The Kier molecular flexibility index (Phi) is 3.78. The number of nitrogens with one attached hydrogen (secondary N) is 1. The number of fused-ring (bicyclic) bond motifs is 1. The van der Waals surface area contributed by atoms with Crippen LogP contribution in [0.15, 0.2) is 54.6 Å². The highest BCUT2D eigenvalue weighted by Crippen LogP contribution is 2.31. The molecule has 0 saturated carbocycles. The van der Waals surface area contributed by atoms with Crippen LogP contribution >= 0.6 is 11.6 Å². The van der Waals surface area contributed by atoms with Crippen molar-refractivity contribution in [3.8, 4) is 0 Å². The number of anilines is 1. The molecule has 1 atom stereocenters. The topological polar surface area (TPSA) is 55.6 Å². The van der Waals surface area contributed by atoms with Crippen molar-refractivity contribution in [1.82, 2.24) is 20.2 Å². The van der Waals surface area contributed by atoms with Crippen LogP contribution in [0.1, 0.15) is 29.7 Å². The molecular formula is C18H16ClN5. The molecule has 0 bridgehead atoms. The molecule has 24 heavy (non-hydrogen) atoms. The van der Waals surface area contributed by atoms with Gasteiger partial charge in [0.1, 0.15) is 6.04 Å². The molecule has 0 saturated heterocycles. The molecule has 0 fully saturated rings. The van der Waals surface area contributed by atoms with Crippen LogP contribution in [-0.4, -0.2) is 20.2 Å². The summed E-state index contributed by atoms with van der Waals surface area (Å²) in [6, 6.07) is 16.2. The Bertz CT molecular complexity index is 881. The van der Waals surface area contributed by atoms with Crippen LogP contribution in [0.2, 0.25) is 5.02 Å². The first-order valence-electron chi connectivity index (χ1n) is 7.86. The summed E-state index contributed by atoms with van der Waals surface area (Å²) in [4.78, 5) is 0. The van der Waals surface area contributed by atoms with E-state index in [9.17, 15) is 0 Å². The van der Waals surface area contributed by atoms with Gasteiger partial charge in [-0.25, -0.2) is 0 Å². The molecule has 1 aliphatic rings. The monoisotopic (exact) mass is 337 g/mol. The maximum atomic E-state index is 5.99. The van der Waals surface area contributed by atoms with Gasteiger partial charge in [0.2, 0.25) is 5.95 Å². The number of aryl methyl sites for hydroxylation is 1. The zero-order valence-electron chi connectivity index (χ0n) is 13.1. The Labute approximate surface area is 145 Å². The second kappa shape index (κ2) is 6.09. The molecule has 0 aliphatic carbocycles. The smallest absolute Gasteiger partial charge is 0.248 e. The lowest BCUT2D eigenvalue weighted by Crippen LogP contribution is -2.20. The molecule has 0 unspecified atom stereocenters. The van der Waals surface area contributed by atoms with Gasteiger partial charge < -0.3 is 5.32 Å². The molecule has 1 aromatic heterocycles. The highest BCUT2D eigenvalue weighted by Gasteiger charge is 2.24. The van der Waals surface area contributed by atoms with E-state index in [1.807, 2.05) is 24.3 Å². The van der Waals surface area contributed by atoms with Crippen molar-refractivity contribution in [2.45, 2.75) is 19.4 Å². The Balaban J connectivity index is 1.77. The first-order chi connectivity index (χ1) is 11.7. The van der Waals surface area contributed by atoms with Crippen molar-refractivity contribution in [3.63, 3.8) is 0 Å². The molecule has 0 amide bonds. The third kappa shape index (κ3) is 2.67. The zero-order chi connectivity index (χ0) is 16.5. The number of nitrogens with zero attached hydrogens (tertiary/aromatic N) is 4. The molecule has 5 nitrogen and oxygen atoms in total. The fourth-order valence-corrected chi connectivity index (χ4v) is 2.97. The van der Waals surface area contributed by atoms with Gasteiger partial charge in [-0.2, -0.15) is 4.68 Å². The minimum Gasteiger partial charge on any atom is -0.323 e. The van der Waals surface area contributed by atoms with E-state index in [1.54, 1.807) is 4.68 Å². The van der Waals surface area contributed by atoms with Gasteiger partial charge in [0.15, 0.2) is 0 Å². The van der Waals surface area contributed by atoms with E-state index >= 15 is 0 Å². The number of halogens is 1. The lowest BCUT2D eigenvalue weighted by molar-refractivity contribution is 0.585. The summed E-state index contributed by atoms with van der Waals surface area (Å²) < 4.78 is 1.79. The normalized spacial score (nSPS) is 16.2. The van der Waals surface area contributed by atoms with Crippen molar-refractivity contribution in [3.05, 3.63) is 76.3 Å². The Morgan fingerprint density at radius 2 is 1.83 bits per heavy atom. The average molecular weight is 338 g/mol. The molecule has 0 spiro atoms. The molecule has 1 aliphatic heterocycles. The van der Waals surface area contributed by atoms with Crippen molar-refractivity contribution < 1.29 is 0 Å². The number of benzene rings is 2. The van der Waals surface area contributed by atoms with E-state index in [4.69, 9.17) is 11.6 Å². The van der Waals surface area contributed by atoms with Crippen molar-refractivity contribution in [1.29, 1.82) is 0 Å². The van der Waals surface area contributed by atoms with Gasteiger partial charge in [0.25, 0.3) is 0 Å². The van der Waals surface area contributed by atoms with Gasteiger partial charge in [0, 0.05) is 10.7 Å². The Morgan fingerprint density at radius 3 is 2.54 bits per heavy atom. The van der Waals surface area contributed by atoms with E-state index in [2.05, 4.69) is 58.1 Å². The van der Waals surface area contributed by atoms with Crippen molar-refractivity contribution in [2.24, 2.45) is 0 Å². The molecule has 2 aromatic carbocycles. The molecule has 1 N–H and O–H groups in total. The summed E-state index contributed by atoms with van der Waals surface area (Å²) in [5.41, 5.74) is 4.47. The lowest BCUT2D eigenvalue weighted by Gasteiger charge is -2.23. The number of tetrazole rings is 1. The molecule has 2 heterocycles. The summed E-state index contributed by atoms with van der Waals surface area (Å²) in [5, 5.41) is 16.0. The van der Waals surface area contributed by atoms with E-state index in [-0.39, 0.29) is 6.04 Å². The van der Waals surface area contributed by atoms with Gasteiger partial charge in [-0.15, -0.1) is 0 Å². The number of aromatic nitrogens is 4. The van der Waals surface area contributed by atoms with Gasteiger partial charge in [-0.1, -0.05) is 60.0 Å². The van der Waals surface area contributed by atoms with E-state index < -0.39 is 0 Å². The molecule has 0 radical (unpaired) electrons. The van der Waals surface area contributed by atoms with Crippen LogP contribution in [0.25, 0.3) is 5.70 Å². The SMILES string of the molecule is CCc1ccc([C@H]2C=C(c3ccc(Cl)cc3)Nc3nnnn32)cc1. The third-order valence-corrected chi connectivity index (χ3v) is 4.46. The summed E-state index contributed by atoms with van der Waals surface area (Å²) in [7, 11) is 0. The van der Waals surface area contributed by atoms with Gasteiger partial charge in [0.05, 0.1) is 0 Å². The second-order valence-corrected chi connectivity index (χ2v) is 6.14. The maximum Gasteiger partial charge on any atom is 0.248 e. The van der Waals surface area contributed by atoms with E-state index in [0.29, 0.717) is 11.0 Å². The first kappa shape index (κ1) is 14.9. The first-order valence-corrected chi connectivity index (χ1v) is 8.24. The fourth-order valence-electron chi connectivity index (χ4n) is 2.84. The second-order valence-electron chi connectivity index (χ2n) is 5.70. The minimum atomic E-state index is -0.0483. The number of allylic oxidation sites excluding steroid dienone is 1. The summed E-state index contributed by atoms with van der Waals surface area (Å²) >= 11 is 5.99. The van der Waals surface area contributed by atoms with Crippen molar-refractivity contribution >= 4 is 23.2 Å².